The lowest BCUT2D eigenvalue weighted by molar-refractivity contribution is -0.384. The number of nitro groups is 1. The Labute approximate surface area is 111 Å². The number of benzene rings is 1. The molecule has 0 saturated carbocycles. The van der Waals surface area contributed by atoms with Crippen LogP contribution in [0.15, 0.2) is 18.2 Å². The number of thioether (sulfide) groups is 1. The van der Waals surface area contributed by atoms with Gasteiger partial charge in [-0.05, 0) is 25.4 Å². The number of nitro benzene ring substituents is 1. The minimum atomic E-state index is -0.407. The van der Waals surface area contributed by atoms with E-state index in [1.807, 2.05) is 6.92 Å². The molecular formula is C12H18N2O3S. The van der Waals surface area contributed by atoms with Crippen molar-refractivity contribution >= 4 is 23.1 Å². The third kappa shape index (κ3) is 4.83. The van der Waals surface area contributed by atoms with Gasteiger partial charge in [-0.15, -0.1) is 0 Å². The Morgan fingerprint density at radius 3 is 2.83 bits per heavy atom. The summed E-state index contributed by atoms with van der Waals surface area (Å²) in [6.45, 7) is 3.14. The number of anilines is 1. The van der Waals surface area contributed by atoms with Crippen molar-refractivity contribution in [3.8, 4) is 5.75 Å². The molecule has 0 saturated heterocycles. The van der Waals surface area contributed by atoms with Gasteiger partial charge in [-0.1, -0.05) is 0 Å². The van der Waals surface area contributed by atoms with Crippen molar-refractivity contribution in [2.75, 3.05) is 30.5 Å². The van der Waals surface area contributed by atoms with Crippen molar-refractivity contribution in [2.24, 2.45) is 0 Å². The third-order valence-electron chi connectivity index (χ3n) is 2.27. The first-order chi connectivity index (χ1) is 8.67. The number of nitrogens with zero attached hydrogens (tertiary/aromatic N) is 1. The molecule has 0 aliphatic carbocycles. The van der Waals surface area contributed by atoms with Crippen LogP contribution in [-0.2, 0) is 0 Å². The summed E-state index contributed by atoms with van der Waals surface area (Å²) in [6.07, 6.45) is 3.08. The molecule has 1 N–H and O–H groups in total. The van der Waals surface area contributed by atoms with Crippen LogP contribution in [0.2, 0.25) is 0 Å². The maximum absolute atomic E-state index is 10.8. The molecule has 1 aromatic carbocycles. The summed E-state index contributed by atoms with van der Waals surface area (Å²) in [6, 6.07) is 4.76. The van der Waals surface area contributed by atoms with E-state index in [9.17, 15) is 10.1 Å². The molecule has 1 aromatic rings. The summed E-state index contributed by atoms with van der Waals surface area (Å²) in [5, 5.41) is 14.0. The van der Waals surface area contributed by atoms with Gasteiger partial charge in [-0.2, -0.15) is 11.8 Å². The second-order valence-corrected chi connectivity index (χ2v) is 4.66. The molecule has 0 fully saturated rings. The van der Waals surface area contributed by atoms with Crippen LogP contribution in [-0.4, -0.2) is 30.1 Å². The Balaban J connectivity index is 2.72. The Morgan fingerprint density at radius 1 is 1.44 bits per heavy atom. The molecule has 0 aromatic heterocycles. The van der Waals surface area contributed by atoms with Crippen molar-refractivity contribution in [1.82, 2.24) is 0 Å². The highest BCUT2D eigenvalue weighted by Crippen LogP contribution is 2.26. The van der Waals surface area contributed by atoms with Crippen molar-refractivity contribution in [1.29, 1.82) is 0 Å². The molecular weight excluding hydrogens is 252 g/mol. The summed E-state index contributed by atoms with van der Waals surface area (Å²) in [5.74, 6) is 1.60. The maximum Gasteiger partial charge on any atom is 0.275 e. The molecule has 0 atom stereocenters. The predicted molar refractivity (Wildman–Crippen MR) is 75.8 cm³/mol. The van der Waals surface area contributed by atoms with E-state index in [-0.39, 0.29) is 5.69 Å². The molecule has 100 valence electrons. The van der Waals surface area contributed by atoms with Gasteiger partial charge in [0.05, 0.1) is 17.6 Å². The topological polar surface area (TPSA) is 64.4 Å². The molecule has 0 aliphatic rings. The summed E-state index contributed by atoms with van der Waals surface area (Å²) < 4.78 is 5.32. The number of rotatable bonds is 8. The second-order valence-electron chi connectivity index (χ2n) is 3.68. The fourth-order valence-electron chi connectivity index (χ4n) is 1.49. The van der Waals surface area contributed by atoms with Gasteiger partial charge >= 0.3 is 0 Å². The Hall–Kier alpha value is -1.43. The van der Waals surface area contributed by atoms with E-state index in [1.54, 1.807) is 17.8 Å². The van der Waals surface area contributed by atoms with Gasteiger partial charge in [0.2, 0.25) is 0 Å². The van der Waals surface area contributed by atoms with Gasteiger partial charge in [0.1, 0.15) is 5.75 Å². The fourth-order valence-corrected chi connectivity index (χ4v) is 1.92. The van der Waals surface area contributed by atoms with Crippen LogP contribution < -0.4 is 10.1 Å². The highest BCUT2D eigenvalue weighted by molar-refractivity contribution is 7.98. The quantitative estimate of drug-likeness (QED) is 0.446. The first kappa shape index (κ1) is 14.6. The van der Waals surface area contributed by atoms with Crippen molar-refractivity contribution < 1.29 is 9.66 Å². The molecule has 6 heteroatoms. The van der Waals surface area contributed by atoms with Crippen LogP contribution in [0.5, 0.6) is 5.75 Å². The molecule has 0 unspecified atom stereocenters. The van der Waals surface area contributed by atoms with Gasteiger partial charge in [-0.3, -0.25) is 10.1 Å². The molecule has 5 nitrogen and oxygen atoms in total. The lowest BCUT2D eigenvalue weighted by Crippen LogP contribution is -2.04. The zero-order valence-corrected chi connectivity index (χ0v) is 11.5. The Bertz CT molecular complexity index is 399. The van der Waals surface area contributed by atoms with E-state index in [2.05, 4.69) is 11.6 Å². The van der Waals surface area contributed by atoms with Crippen LogP contribution in [0.1, 0.15) is 13.3 Å². The fraction of sp³-hybridized carbons (Fsp3) is 0.500. The predicted octanol–water partition coefficient (Wildman–Crippen LogP) is 3.16. The number of nitrogens with one attached hydrogen (secondary N) is 1. The van der Waals surface area contributed by atoms with Crippen LogP contribution in [0.4, 0.5) is 11.4 Å². The van der Waals surface area contributed by atoms with E-state index in [4.69, 9.17) is 4.74 Å². The normalized spacial score (nSPS) is 10.1. The molecule has 0 amide bonds. The molecule has 18 heavy (non-hydrogen) atoms. The van der Waals surface area contributed by atoms with Gasteiger partial charge in [-0.25, -0.2) is 0 Å². The van der Waals surface area contributed by atoms with Gasteiger partial charge in [0, 0.05) is 24.4 Å². The number of hydrogen-bond donors (Lipinski definition) is 1. The van der Waals surface area contributed by atoms with E-state index < -0.39 is 4.92 Å². The maximum atomic E-state index is 10.8. The van der Waals surface area contributed by atoms with E-state index in [0.717, 1.165) is 24.4 Å². The summed E-state index contributed by atoms with van der Waals surface area (Å²) in [5.41, 5.74) is 0.780. The Morgan fingerprint density at radius 2 is 2.22 bits per heavy atom. The van der Waals surface area contributed by atoms with Crippen molar-refractivity contribution in [2.45, 2.75) is 13.3 Å². The summed E-state index contributed by atoms with van der Waals surface area (Å²) in [7, 11) is 0. The second kappa shape index (κ2) is 7.81. The lowest BCUT2D eigenvalue weighted by atomic mass is 10.2. The Kier molecular flexibility index (Phi) is 6.35. The van der Waals surface area contributed by atoms with Crippen LogP contribution >= 0.6 is 11.8 Å². The summed E-state index contributed by atoms with van der Waals surface area (Å²) >= 11 is 1.78. The highest BCUT2D eigenvalue weighted by Gasteiger charge is 2.10. The molecule has 0 spiro atoms. The third-order valence-corrected chi connectivity index (χ3v) is 2.96. The summed E-state index contributed by atoms with van der Waals surface area (Å²) in [4.78, 5) is 10.4. The standard InChI is InChI=1S/C12H18N2O3S/c1-3-17-12-8-10(13-5-4-6-18-2)7-11(9-12)14(15)16/h7-9,13H,3-6H2,1-2H3. The van der Waals surface area contributed by atoms with Crippen LogP contribution in [0, 0.1) is 10.1 Å². The SMILES string of the molecule is CCOc1cc(NCCCSC)cc([N+](=O)[O-])c1. The van der Waals surface area contributed by atoms with E-state index >= 15 is 0 Å². The van der Waals surface area contributed by atoms with Crippen molar-refractivity contribution in [3.63, 3.8) is 0 Å². The minimum absolute atomic E-state index is 0.0494. The lowest BCUT2D eigenvalue weighted by Gasteiger charge is -2.09. The molecule has 1 rings (SSSR count). The largest absolute Gasteiger partial charge is 0.494 e. The first-order valence-corrected chi connectivity index (χ1v) is 7.22. The van der Waals surface area contributed by atoms with Crippen molar-refractivity contribution in [3.05, 3.63) is 28.3 Å². The number of hydrogen-bond acceptors (Lipinski definition) is 5. The van der Waals surface area contributed by atoms with Gasteiger partial charge in [0.15, 0.2) is 0 Å². The molecule has 0 radical (unpaired) electrons. The molecule has 0 aliphatic heterocycles. The molecule has 0 heterocycles. The van der Waals surface area contributed by atoms with Crippen LogP contribution in [0.3, 0.4) is 0 Å². The average molecular weight is 270 g/mol. The number of non-ortho nitro benzene ring substituents is 1. The zero-order valence-electron chi connectivity index (χ0n) is 10.6. The molecule has 0 bridgehead atoms. The van der Waals surface area contributed by atoms with Crippen LogP contribution in [0.25, 0.3) is 0 Å². The zero-order chi connectivity index (χ0) is 13.4. The highest BCUT2D eigenvalue weighted by atomic mass is 32.2. The monoisotopic (exact) mass is 270 g/mol. The van der Waals surface area contributed by atoms with E-state index in [1.165, 1.54) is 12.1 Å². The first-order valence-electron chi connectivity index (χ1n) is 5.82. The smallest absolute Gasteiger partial charge is 0.275 e. The van der Waals surface area contributed by atoms with E-state index in [0.29, 0.717) is 12.4 Å². The average Bonchev–Trinajstić information content (AvgIpc) is 2.35. The van der Waals surface area contributed by atoms with Gasteiger partial charge < -0.3 is 10.1 Å². The van der Waals surface area contributed by atoms with Gasteiger partial charge in [0.25, 0.3) is 5.69 Å². The number of ether oxygens (including phenoxy) is 1. The minimum Gasteiger partial charge on any atom is -0.494 e.